The number of ether oxygens (including phenoxy) is 1. The monoisotopic (exact) mass is 372 g/mol. The molecule has 1 fully saturated rings. The Morgan fingerprint density at radius 2 is 2.22 bits per heavy atom. The van der Waals surface area contributed by atoms with Gasteiger partial charge < -0.3 is 15.0 Å². The van der Waals surface area contributed by atoms with Crippen LogP contribution in [0.3, 0.4) is 0 Å². The molecule has 0 spiro atoms. The van der Waals surface area contributed by atoms with Crippen LogP contribution < -0.4 is 5.32 Å². The molecule has 0 bridgehead atoms. The molecule has 0 saturated carbocycles. The van der Waals surface area contributed by atoms with Crippen LogP contribution >= 0.6 is 0 Å². The van der Waals surface area contributed by atoms with Crippen molar-refractivity contribution in [2.75, 3.05) is 18.4 Å². The van der Waals surface area contributed by atoms with Crippen LogP contribution in [-0.4, -0.2) is 49.8 Å². The van der Waals surface area contributed by atoms with Gasteiger partial charge in [0.15, 0.2) is 5.82 Å². The van der Waals surface area contributed by atoms with Gasteiger partial charge in [-0.25, -0.2) is 14.8 Å². The minimum absolute atomic E-state index is 0.238. The van der Waals surface area contributed by atoms with Gasteiger partial charge in [0.1, 0.15) is 17.2 Å². The highest BCUT2D eigenvalue weighted by molar-refractivity contribution is 5.68. The number of piperidine rings is 1. The van der Waals surface area contributed by atoms with Gasteiger partial charge in [-0.15, -0.1) is 0 Å². The quantitative estimate of drug-likeness (QED) is 0.853. The van der Waals surface area contributed by atoms with Crippen LogP contribution in [0, 0.1) is 12.8 Å². The van der Waals surface area contributed by atoms with Gasteiger partial charge in [0.25, 0.3) is 0 Å². The number of rotatable bonds is 4. The highest BCUT2D eigenvalue weighted by Crippen LogP contribution is 2.22. The van der Waals surface area contributed by atoms with E-state index in [0.717, 1.165) is 43.1 Å². The first-order valence-electron chi connectivity index (χ1n) is 9.37. The molecule has 2 aromatic heterocycles. The minimum atomic E-state index is -0.474. The molecule has 2 N–H and O–H groups in total. The SMILES string of the molecule is Cc1cc(Nc2ccnc(CC3CCCN(C(=O)OC(C)(C)C)C3)n2)n[nH]1. The number of hydrogen-bond acceptors (Lipinski definition) is 6. The van der Waals surface area contributed by atoms with Crippen molar-refractivity contribution in [2.24, 2.45) is 5.92 Å². The lowest BCUT2D eigenvalue weighted by molar-refractivity contribution is 0.0165. The molecule has 0 radical (unpaired) electrons. The fourth-order valence-electron chi connectivity index (χ4n) is 3.16. The molecule has 1 aliphatic rings. The van der Waals surface area contributed by atoms with Crippen LogP contribution in [0.1, 0.15) is 45.1 Å². The highest BCUT2D eigenvalue weighted by Gasteiger charge is 2.28. The number of carbonyl (C=O) groups is 1. The molecule has 27 heavy (non-hydrogen) atoms. The van der Waals surface area contributed by atoms with Crippen molar-refractivity contribution in [2.45, 2.75) is 52.6 Å². The zero-order valence-corrected chi connectivity index (χ0v) is 16.5. The number of aromatic amines is 1. The number of likely N-dealkylation sites (tertiary alicyclic amines) is 1. The standard InChI is InChI=1S/C19H28N6O2/c1-13-10-17(24-23-13)22-15-7-8-20-16(21-15)11-14-6-5-9-25(12-14)18(26)27-19(2,3)4/h7-8,10,14H,5-6,9,11-12H2,1-4H3,(H2,20,21,22,23,24). The fraction of sp³-hybridized carbons (Fsp3) is 0.579. The lowest BCUT2D eigenvalue weighted by Gasteiger charge is -2.34. The Morgan fingerprint density at radius 1 is 1.41 bits per heavy atom. The molecular weight excluding hydrogens is 344 g/mol. The van der Waals surface area contributed by atoms with Crippen molar-refractivity contribution in [1.82, 2.24) is 25.1 Å². The Morgan fingerprint density at radius 3 is 2.93 bits per heavy atom. The maximum Gasteiger partial charge on any atom is 0.410 e. The molecule has 8 heteroatoms. The Hall–Kier alpha value is -2.64. The summed E-state index contributed by atoms with van der Waals surface area (Å²) >= 11 is 0. The van der Waals surface area contributed by atoms with E-state index in [9.17, 15) is 4.79 Å². The summed E-state index contributed by atoms with van der Waals surface area (Å²) in [4.78, 5) is 23.1. The highest BCUT2D eigenvalue weighted by atomic mass is 16.6. The molecule has 2 aromatic rings. The summed E-state index contributed by atoms with van der Waals surface area (Å²) in [5, 5.41) is 10.2. The van der Waals surface area contributed by atoms with Gasteiger partial charge in [-0.1, -0.05) is 0 Å². The van der Waals surface area contributed by atoms with E-state index in [1.54, 1.807) is 11.1 Å². The molecule has 1 atom stereocenters. The van der Waals surface area contributed by atoms with Gasteiger partial charge in [0.05, 0.1) is 0 Å². The molecule has 1 amide bonds. The van der Waals surface area contributed by atoms with Crippen molar-refractivity contribution in [3.63, 3.8) is 0 Å². The largest absolute Gasteiger partial charge is 0.444 e. The van der Waals surface area contributed by atoms with Crippen LogP contribution in [-0.2, 0) is 11.2 Å². The smallest absolute Gasteiger partial charge is 0.410 e. The average molecular weight is 372 g/mol. The van der Waals surface area contributed by atoms with E-state index < -0.39 is 5.60 Å². The summed E-state index contributed by atoms with van der Waals surface area (Å²) in [6.07, 6.45) is 4.26. The second-order valence-electron chi connectivity index (χ2n) is 8.06. The predicted molar refractivity (Wildman–Crippen MR) is 103 cm³/mol. The van der Waals surface area contributed by atoms with Crippen LogP contribution in [0.25, 0.3) is 0 Å². The second kappa shape index (κ2) is 7.94. The van der Waals surface area contributed by atoms with E-state index in [0.29, 0.717) is 18.3 Å². The summed E-state index contributed by atoms with van der Waals surface area (Å²) in [6.45, 7) is 9.03. The average Bonchev–Trinajstić information content (AvgIpc) is 2.99. The van der Waals surface area contributed by atoms with Crippen molar-refractivity contribution < 1.29 is 9.53 Å². The summed E-state index contributed by atoms with van der Waals surface area (Å²) in [5.74, 6) is 2.54. The van der Waals surface area contributed by atoms with Crippen molar-refractivity contribution >= 4 is 17.7 Å². The maximum atomic E-state index is 12.3. The number of aromatic nitrogens is 4. The third-order valence-electron chi connectivity index (χ3n) is 4.31. The number of carbonyl (C=O) groups excluding carboxylic acids is 1. The first kappa shape index (κ1) is 19.1. The summed E-state index contributed by atoms with van der Waals surface area (Å²) in [7, 11) is 0. The van der Waals surface area contributed by atoms with Gasteiger partial charge in [-0.3, -0.25) is 5.10 Å². The molecule has 3 rings (SSSR count). The summed E-state index contributed by atoms with van der Waals surface area (Å²) in [5.41, 5.74) is 0.508. The number of amides is 1. The van der Waals surface area contributed by atoms with E-state index in [2.05, 4.69) is 25.5 Å². The van der Waals surface area contributed by atoms with E-state index in [1.807, 2.05) is 39.8 Å². The number of aryl methyl sites for hydroxylation is 1. The third-order valence-corrected chi connectivity index (χ3v) is 4.31. The molecule has 146 valence electrons. The molecule has 3 heterocycles. The van der Waals surface area contributed by atoms with Crippen molar-refractivity contribution in [1.29, 1.82) is 0 Å². The van der Waals surface area contributed by atoms with Gasteiger partial charge in [0.2, 0.25) is 0 Å². The third kappa shape index (κ3) is 5.67. The van der Waals surface area contributed by atoms with Crippen molar-refractivity contribution in [3.05, 3.63) is 29.8 Å². The van der Waals surface area contributed by atoms with E-state index >= 15 is 0 Å². The van der Waals surface area contributed by atoms with Gasteiger partial charge in [-0.2, -0.15) is 5.10 Å². The fourth-order valence-corrected chi connectivity index (χ4v) is 3.16. The Kier molecular flexibility index (Phi) is 5.62. The topological polar surface area (TPSA) is 96.0 Å². The van der Waals surface area contributed by atoms with Gasteiger partial charge in [0, 0.05) is 37.5 Å². The molecule has 0 aromatic carbocycles. The van der Waals surface area contributed by atoms with Crippen molar-refractivity contribution in [3.8, 4) is 0 Å². The lowest BCUT2D eigenvalue weighted by atomic mass is 9.94. The normalized spacial score (nSPS) is 17.6. The number of nitrogens with zero attached hydrogens (tertiary/aromatic N) is 4. The van der Waals surface area contributed by atoms with Crippen LogP contribution in [0.2, 0.25) is 0 Å². The van der Waals surface area contributed by atoms with E-state index in [1.165, 1.54) is 0 Å². The van der Waals surface area contributed by atoms with Gasteiger partial charge >= 0.3 is 6.09 Å². The second-order valence-corrected chi connectivity index (χ2v) is 8.06. The predicted octanol–water partition coefficient (Wildman–Crippen LogP) is 3.44. The first-order chi connectivity index (χ1) is 12.8. The zero-order chi connectivity index (χ0) is 19.4. The molecule has 1 saturated heterocycles. The van der Waals surface area contributed by atoms with Crippen LogP contribution in [0.5, 0.6) is 0 Å². The van der Waals surface area contributed by atoms with Gasteiger partial charge in [-0.05, 0) is 52.5 Å². The lowest BCUT2D eigenvalue weighted by Crippen LogP contribution is -2.43. The summed E-state index contributed by atoms with van der Waals surface area (Å²) in [6, 6.07) is 3.74. The maximum absolute atomic E-state index is 12.3. The Labute approximate surface area is 159 Å². The number of anilines is 2. The molecular formula is C19H28N6O2. The minimum Gasteiger partial charge on any atom is -0.444 e. The number of hydrogen-bond donors (Lipinski definition) is 2. The molecule has 1 aliphatic heterocycles. The summed E-state index contributed by atoms with van der Waals surface area (Å²) < 4.78 is 5.50. The zero-order valence-electron chi connectivity index (χ0n) is 16.5. The van der Waals surface area contributed by atoms with Crippen LogP contribution in [0.15, 0.2) is 18.3 Å². The van der Waals surface area contributed by atoms with E-state index in [4.69, 9.17) is 4.74 Å². The number of H-pyrrole nitrogens is 1. The number of nitrogens with one attached hydrogen (secondary N) is 2. The molecule has 0 aliphatic carbocycles. The first-order valence-corrected chi connectivity index (χ1v) is 9.37. The Balaban J connectivity index is 1.59. The Bertz CT molecular complexity index is 783. The molecule has 1 unspecified atom stereocenters. The molecule has 8 nitrogen and oxygen atoms in total. The van der Waals surface area contributed by atoms with Crippen LogP contribution in [0.4, 0.5) is 16.4 Å². The van der Waals surface area contributed by atoms with E-state index in [-0.39, 0.29) is 6.09 Å².